The van der Waals surface area contributed by atoms with Gasteiger partial charge in [-0.05, 0) is 85.0 Å². The molecular formula is C30H31N3O4S. The number of amides is 2. The number of fused-ring (bicyclic) bond motifs is 1. The number of rotatable bonds is 9. The first-order chi connectivity index (χ1) is 18.2. The molecule has 8 heteroatoms. The smallest absolute Gasteiger partial charge is 0.286 e. The van der Waals surface area contributed by atoms with Crippen LogP contribution in [-0.2, 0) is 31.3 Å². The molecule has 2 heterocycles. The average Bonchev–Trinajstić information content (AvgIpc) is 3.31. The van der Waals surface area contributed by atoms with Crippen molar-refractivity contribution in [2.45, 2.75) is 45.0 Å². The molecule has 0 bridgehead atoms. The van der Waals surface area contributed by atoms with E-state index in [0.29, 0.717) is 24.7 Å². The summed E-state index contributed by atoms with van der Waals surface area (Å²) in [4.78, 5) is 28.4. The number of hydrogen-bond acceptors (Lipinski definition) is 6. The fraction of sp³-hybridized carbons (Fsp3) is 0.300. The molecule has 1 fully saturated rings. The van der Waals surface area contributed by atoms with Gasteiger partial charge in [-0.1, -0.05) is 38.1 Å². The number of imidazole rings is 1. The molecule has 196 valence electrons. The van der Waals surface area contributed by atoms with Gasteiger partial charge in [-0.25, -0.2) is 4.98 Å². The van der Waals surface area contributed by atoms with Gasteiger partial charge in [-0.3, -0.25) is 14.9 Å². The van der Waals surface area contributed by atoms with Crippen LogP contribution in [0.4, 0.5) is 4.79 Å². The molecule has 2 amide bonds. The molecular weight excluding hydrogens is 498 g/mol. The summed E-state index contributed by atoms with van der Waals surface area (Å²) in [6.07, 6.45) is 1.48. The van der Waals surface area contributed by atoms with E-state index in [2.05, 4.69) is 31.3 Å². The number of imide groups is 1. The first-order valence-electron chi connectivity index (χ1n) is 12.7. The molecule has 3 aromatic carbocycles. The SMILES string of the molecule is CC(C)Cc1cccc(Oc2ccc3nc(COc4ccc(C[C@@]5(C)SC(=O)NC5=O)cc4)n(C)c3c2)c1. The number of carbonyl (C=O) groups is 2. The van der Waals surface area contributed by atoms with Crippen LogP contribution in [0.3, 0.4) is 0 Å². The molecule has 1 atom stereocenters. The van der Waals surface area contributed by atoms with Crippen LogP contribution in [0.25, 0.3) is 11.0 Å². The molecule has 1 saturated heterocycles. The van der Waals surface area contributed by atoms with Crippen molar-refractivity contribution in [1.29, 1.82) is 0 Å². The van der Waals surface area contributed by atoms with Gasteiger partial charge in [0.15, 0.2) is 0 Å². The number of aryl methyl sites for hydroxylation is 1. The number of nitrogens with zero attached hydrogens (tertiary/aromatic N) is 2. The Morgan fingerprint density at radius 1 is 0.974 bits per heavy atom. The third kappa shape index (κ3) is 5.70. The maximum atomic E-state index is 12.1. The van der Waals surface area contributed by atoms with Crippen molar-refractivity contribution in [3.63, 3.8) is 0 Å². The molecule has 1 aliphatic rings. The molecule has 0 radical (unpaired) electrons. The van der Waals surface area contributed by atoms with Crippen molar-refractivity contribution >= 4 is 33.9 Å². The summed E-state index contributed by atoms with van der Waals surface area (Å²) in [5, 5.41) is 2.06. The Bertz CT molecular complexity index is 1500. The van der Waals surface area contributed by atoms with Gasteiger partial charge in [0.25, 0.3) is 5.24 Å². The predicted octanol–water partition coefficient (Wildman–Crippen LogP) is 6.43. The average molecular weight is 530 g/mol. The van der Waals surface area contributed by atoms with E-state index in [0.717, 1.165) is 52.1 Å². The van der Waals surface area contributed by atoms with Gasteiger partial charge in [0.2, 0.25) is 5.91 Å². The summed E-state index contributed by atoms with van der Waals surface area (Å²) in [5.74, 6) is 3.42. The van der Waals surface area contributed by atoms with Crippen molar-refractivity contribution in [3.05, 3.63) is 83.7 Å². The van der Waals surface area contributed by atoms with Crippen molar-refractivity contribution in [2.24, 2.45) is 13.0 Å². The lowest BCUT2D eigenvalue weighted by molar-refractivity contribution is -0.121. The molecule has 1 aliphatic heterocycles. The summed E-state index contributed by atoms with van der Waals surface area (Å²) < 4.78 is 13.4. The van der Waals surface area contributed by atoms with Gasteiger partial charge < -0.3 is 14.0 Å². The summed E-state index contributed by atoms with van der Waals surface area (Å²) in [6, 6.07) is 21.7. The maximum Gasteiger partial charge on any atom is 0.286 e. The van der Waals surface area contributed by atoms with Crippen LogP contribution >= 0.6 is 11.8 Å². The minimum absolute atomic E-state index is 0.247. The van der Waals surface area contributed by atoms with Crippen LogP contribution in [0.5, 0.6) is 17.2 Å². The van der Waals surface area contributed by atoms with Crippen LogP contribution in [0.2, 0.25) is 0 Å². The van der Waals surface area contributed by atoms with Crippen molar-refractivity contribution < 1.29 is 19.1 Å². The quantitative estimate of drug-likeness (QED) is 0.269. The summed E-state index contributed by atoms with van der Waals surface area (Å²) in [6.45, 7) is 6.52. The van der Waals surface area contributed by atoms with E-state index in [1.165, 1.54) is 5.56 Å². The molecule has 7 nitrogen and oxygen atoms in total. The van der Waals surface area contributed by atoms with E-state index in [1.807, 2.05) is 66.2 Å². The normalized spacial score (nSPS) is 17.3. The lowest BCUT2D eigenvalue weighted by atomic mass is 9.99. The summed E-state index contributed by atoms with van der Waals surface area (Å²) in [7, 11) is 1.97. The Morgan fingerprint density at radius 2 is 1.71 bits per heavy atom. The van der Waals surface area contributed by atoms with Gasteiger partial charge in [0, 0.05) is 13.1 Å². The number of ether oxygens (including phenoxy) is 2. The number of hydrogen-bond donors (Lipinski definition) is 1. The second-order valence-electron chi connectivity index (χ2n) is 10.3. The van der Waals surface area contributed by atoms with E-state index >= 15 is 0 Å². The minimum atomic E-state index is -0.786. The lowest BCUT2D eigenvalue weighted by Gasteiger charge is -2.18. The zero-order valence-corrected chi connectivity index (χ0v) is 22.8. The second kappa shape index (κ2) is 10.5. The predicted molar refractivity (Wildman–Crippen MR) is 150 cm³/mol. The highest BCUT2D eigenvalue weighted by Gasteiger charge is 2.43. The van der Waals surface area contributed by atoms with Crippen molar-refractivity contribution in [2.75, 3.05) is 0 Å². The lowest BCUT2D eigenvalue weighted by Crippen LogP contribution is -2.35. The number of nitrogens with one attached hydrogen (secondary N) is 1. The first-order valence-corrected chi connectivity index (χ1v) is 13.5. The largest absolute Gasteiger partial charge is 0.486 e. The summed E-state index contributed by atoms with van der Waals surface area (Å²) in [5.41, 5.74) is 4.06. The Hall–Kier alpha value is -3.78. The Kier molecular flexibility index (Phi) is 7.17. The molecule has 0 spiro atoms. The zero-order valence-electron chi connectivity index (χ0n) is 22.0. The van der Waals surface area contributed by atoms with Gasteiger partial charge in [-0.2, -0.15) is 0 Å². The Balaban J connectivity index is 1.24. The molecule has 1 N–H and O–H groups in total. The van der Waals surface area contributed by atoms with E-state index in [-0.39, 0.29) is 11.1 Å². The van der Waals surface area contributed by atoms with Crippen molar-refractivity contribution in [1.82, 2.24) is 14.9 Å². The minimum Gasteiger partial charge on any atom is -0.486 e. The number of benzene rings is 3. The number of aromatic nitrogens is 2. The third-order valence-corrected chi connectivity index (χ3v) is 7.64. The highest BCUT2D eigenvalue weighted by molar-refractivity contribution is 8.16. The molecule has 0 saturated carbocycles. The number of carbonyl (C=O) groups excluding carboxylic acids is 2. The molecule has 1 aromatic heterocycles. The standard InChI is InChI=1S/C30H31N3O4S/c1-19(2)14-21-6-5-7-23(15-21)37-24-12-13-25-26(16-24)33(4)27(31-25)18-36-22-10-8-20(9-11-22)17-30(3)28(34)32-29(35)38-30/h5-13,15-16,19H,14,17-18H2,1-4H3,(H,32,34,35)/t30-/m1/s1. The van der Waals surface area contributed by atoms with E-state index in [9.17, 15) is 9.59 Å². The first kappa shape index (κ1) is 25.9. The van der Waals surface area contributed by atoms with Crippen molar-refractivity contribution in [3.8, 4) is 17.2 Å². The highest BCUT2D eigenvalue weighted by Crippen LogP contribution is 2.35. The monoisotopic (exact) mass is 529 g/mol. The van der Waals surface area contributed by atoms with E-state index in [4.69, 9.17) is 14.5 Å². The van der Waals surface area contributed by atoms with Gasteiger partial charge >= 0.3 is 0 Å². The van der Waals surface area contributed by atoms with Crippen LogP contribution in [0.1, 0.15) is 37.7 Å². The molecule has 38 heavy (non-hydrogen) atoms. The molecule has 0 unspecified atom stereocenters. The fourth-order valence-electron chi connectivity index (χ4n) is 4.61. The zero-order chi connectivity index (χ0) is 26.9. The summed E-state index contributed by atoms with van der Waals surface area (Å²) >= 11 is 1.04. The Morgan fingerprint density at radius 3 is 2.42 bits per heavy atom. The fourth-order valence-corrected chi connectivity index (χ4v) is 5.55. The van der Waals surface area contributed by atoms with Crippen LogP contribution in [0.15, 0.2) is 66.7 Å². The van der Waals surface area contributed by atoms with Gasteiger partial charge in [0.05, 0.1) is 11.0 Å². The van der Waals surface area contributed by atoms with E-state index < -0.39 is 4.75 Å². The topological polar surface area (TPSA) is 82.5 Å². The highest BCUT2D eigenvalue weighted by atomic mass is 32.2. The second-order valence-corrected chi connectivity index (χ2v) is 11.7. The molecule has 0 aliphatic carbocycles. The number of thioether (sulfide) groups is 1. The third-order valence-electron chi connectivity index (χ3n) is 6.57. The van der Waals surface area contributed by atoms with Gasteiger partial charge in [0.1, 0.15) is 34.4 Å². The van der Waals surface area contributed by atoms with Crippen LogP contribution < -0.4 is 14.8 Å². The van der Waals surface area contributed by atoms with E-state index in [1.54, 1.807) is 6.92 Å². The molecule has 5 rings (SSSR count). The van der Waals surface area contributed by atoms with Gasteiger partial charge in [-0.15, -0.1) is 0 Å². The Labute approximate surface area is 226 Å². The van der Waals surface area contributed by atoms with Crippen LogP contribution in [-0.4, -0.2) is 25.4 Å². The van der Waals surface area contributed by atoms with Crippen LogP contribution in [0, 0.1) is 5.92 Å². The maximum absolute atomic E-state index is 12.1. The molecule has 4 aromatic rings.